The smallest absolute Gasteiger partial charge is 0.189 e. The lowest BCUT2D eigenvalue weighted by Gasteiger charge is -2.15. The van der Waals surface area contributed by atoms with Gasteiger partial charge in [0.15, 0.2) is 5.16 Å². The minimum absolute atomic E-state index is 0.173. The van der Waals surface area contributed by atoms with Crippen LogP contribution in [0.2, 0.25) is 0 Å². The first-order valence-corrected chi connectivity index (χ1v) is 5.51. The lowest BCUT2D eigenvalue weighted by Crippen LogP contribution is -2.18. The molecule has 0 amide bonds. The Morgan fingerprint density at radius 3 is 3.00 bits per heavy atom. The molecule has 0 aromatic carbocycles. The van der Waals surface area contributed by atoms with E-state index in [2.05, 4.69) is 29.1 Å². The third-order valence-corrected chi connectivity index (χ3v) is 2.94. The number of hydrogen-bond acceptors (Lipinski definition) is 4. The summed E-state index contributed by atoms with van der Waals surface area (Å²) in [6.45, 7) is 5.36. The van der Waals surface area contributed by atoms with Gasteiger partial charge in [0, 0.05) is 23.7 Å². The molecule has 4 heteroatoms. The number of hydrogen-bond donors (Lipinski definition) is 1. The van der Waals surface area contributed by atoms with Crippen molar-refractivity contribution in [1.29, 1.82) is 0 Å². The highest BCUT2D eigenvalue weighted by Crippen LogP contribution is 2.34. The van der Waals surface area contributed by atoms with Crippen LogP contribution in [0.15, 0.2) is 11.4 Å². The molecule has 3 nitrogen and oxygen atoms in total. The predicted octanol–water partition coefficient (Wildman–Crippen LogP) is 1.90. The Morgan fingerprint density at radius 1 is 1.54 bits per heavy atom. The van der Waals surface area contributed by atoms with E-state index in [0.29, 0.717) is 0 Å². The summed E-state index contributed by atoms with van der Waals surface area (Å²) in [6.07, 6.45) is 3.93. The van der Waals surface area contributed by atoms with Gasteiger partial charge in [-0.1, -0.05) is 25.6 Å². The minimum atomic E-state index is 0.173. The van der Waals surface area contributed by atoms with E-state index in [1.807, 2.05) is 12.5 Å². The van der Waals surface area contributed by atoms with Crippen molar-refractivity contribution in [3.8, 4) is 0 Å². The molecule has 2 heterocycles. The highest BCUT2D eigenvalue weighted by Gasteiger charge is 2.31. The molecule has 1 aliphatic rings. The van der Waals surface area contributed by atoms with E-state index in [1.165, 1.54) is 5.56 Å². The number of aromatic nitrogens is 2. The van der Waals surface area contributed by atoms with Gasteiger partial charge < -0.3 is 5.32 Å². The summed E-state index contributed by atoms with van der Waals surface area (Å²) in [7, 11) is 0. The van der Waals surface area contributed by atoms with Crippen LogP contribution in [0.4, 0.5) is 5.82 Å². The molecule has 0 radical (unpaired) electrons. The second kappa shape index (κ2) is 2.87. The third-order valence-electron chi connectivity index (χ3n) is 2.38. The second-order valence-electron chi connectivity index (χ2n) is 3.86. The molecule has 1 aliphatic heterocycles. The maximum absolute atomic E-state index is 4.41. The highest BCUT2D eigenvalue weighted by atomic mass is 32.2. The van der Waals surface area contributed by atoms with Gasteiger partial charge in [0.1, 0.15) is 5.82 Å². The molecule has 0 atom stereocenters. The second-order valence-corrected chi connectivity index (χ2v) is 4.63. The van der Waals surface area contributed by atoms with Crippen molar-refractivity contribution in [3.05, 3.63) is 11.8 Å². The standard InChI is InChI=1S/C9H13N3S/c1-9(2)5-11-7-6(9)4-10-8(12-7)13-3/h4H,5H2,1-3H3,(H,10,11,12). The fourth-order valence-electron chi connectivity index (χ4n) is 1.49. The van der Waals surface area contributed by atoms with Crippen LogP contribution in [-0.4, -0.2) is 22.8 Å². The Balaban J connectivity index is 2.46. The summed E-state index contributed by atoms with van der Waals surface area (Å²) in [5.74, 6) is 1.00. The van der Waals surface area contributed by atoms with Crippen molar-refractivity contribution < 1.29 is 0 Å². The van der Waals surface area contributed by atoms with Crippen molar-refractivity contribution in [2.24, 2.45) is 0 Å². The first kappa shape index (κ1) is 8.81. The molecule has 70 valence electrons. The summed E-state index contributed by atoms with van der Waals surface area (Å²) in [5, 5.41) is 4.14. The van der Waals surface area contributed by atoms with Gasteiger partial charge in [0.2, 0.25) is 0 Å². The molecule has 1 N–H and O–H groups in total. The van der Waals surface area contributed by atoms with E-state index in [9.17, 15) is 0 Å². The Bertz CT molecular complexity index is 336. The van der Waals surface area contributed by atoms with Crippen molar-refractivity contribution >= 4 is 17.6 Å². The molecule has 0 saturated carbocycles. The number of thioether (sulfide) groups is 1. The largest absolute Gasteiger partial charge is 0.369 e. The number of fused-ring (bicyclic) bond motifs is 1. The number of nitrogens with one attached hydrogen (secondary N) is 1. The van der Waals surface area contributed by atoms with Gasteiger partial charge in [-0.05, 0) is 6.26 Å². The average Bonchev–Trinajstić information content (AvgIpc) is 2.42. The quantitative estimate of drug-likeness (QED) is 0.548. The van der Waals surface area contributed by atoms with Crippen molar-refractivity contribution in [2.75, 3.05) is 18.1 Å². The fourth-order valence-corrected chi connectivity index (χ4v) is 1.83. The molecule has 2 rings (SSSR count). The topological polar surface area (TPSA) is 37.8 Å². The first-order chi connectivity index (χ1) is 6.13. The molecule has 1 aromatic heterocycles. The molecule has 0 bridgehead atoms. The van der Waals surface area contributed by atoms with Gasteiger partial charge in [-0.3, -0.25) is 0 Å². The normalized spacial score (nSPS) is 18.1. The van der Waals surface area contributed by atoms with Crippen molar-refractivity contribution in [3.63, 3.8) is 0 Å². The summed E-state index contributed by atoms with van der Waals surface area (Å²) >= 11 is 1.57. The molecular formula is C9H13N3S. The SMILES string of the molecule is CSc1ncc2c(n1)NCC2(C)C. The van der Waals surface area contributed by atoms with E-state index in [4.69, 9.17) is 0 Å². The minimum Gasteiger partial charge on any atom is -0.369 e. The van der Waals surface area contributed by atoms with Gasteiger partial charge in [-0.2, -0.15) is 0 Å². The molecular weight excluding hydrogens is 182 g/mol. The van der Waals surface area contributed by atoms with Gasteiger partial charge >= 0.3 is 0 Å². The lowest BCUT2D eigenvalue weighted by atomic mass is 9.89. The van der Waals surface area contributed by atoms with E-state index >= 15 is 0 Å². The first-order valence-electron chi connectivity index (χ1n) is 4.29. The summed E-state index contributed by atoms with van der Waals surface area (Å²) in [5.41, 5.74) is 1.40. The van der Waals surface area contributed by atoms with Crippen LogP contribution < -0.4 is 5.32 Å². The Labute approximate surface area is 82.4 Å². The molecule has 0 spiro atoms. The maximum atomic E-state index is 4.41. The molecule has 0 fully saturated rings. The molecule has 1 aromatic rings. The van der Waals surface area contributed by atoms with Crippen molar-refractivity contribution in [2.45, 2.75) is 24.4 Å². The van der Waals surface area contributed by atoms with E-state index in [0.717, 1.165) is 17.5 Å². The average molecular weight is 195 g/mol. The highest BCUT2D eigenvalue weighted by molar-refractivity contribution is 7.98. The van der Waals surface area contributed by atoms with Gasteiger partial charge in [-0.25, -0.2) is 9.97 Å². The lowest BCUT2D eigenvalue weighted by molar-refractivity contribution is 0.583. The summed E-state index contributed by atoms with van der Waals surface area (Å²) < 4.78 is 0. The Hall–Kier alpha value is -0.770. The zero-order valence-electron chi connectivity index (χ0n) is 8.09. The molecule has 0 saturated heterocycles. The van der Waals surface area contributed by atoms with Crippen LogP contribution in [0.25, 0.3) is 0 Å². The summed E-state index contributed by atoms with van der Waals surface area (Å²) in [6, 6.07) is 0. The van der Waals surface area contributed by atoms with Gasteiger partial charge in [-0.15, -0.1) is 0 Å². The van der Waals surface area contributed by atoms with Gasteiger partial charge in [0.25, 0.3) is 0 Å². The monoisotopic (exact) mass is 195 g/mol. The van der Waals surface area contributed by atoms with Crippen LogP contribution in [0.5, 0.6) is 0 Å². The van der Waals surface area contributed by atoms with E-state index in [1.54, 1.807) is 11.8 Å². The third kappa shape index (κ3) is 1.39. The van der Waals surface area contributed by atoms with Crippen molar-refractivity contribution in [1.82, 2.24) is 9.97 Å². The van der Waals surface area contributed by atoms with Crippen LogP contribution in [0, 0.1) is 0 Å². The van der Waals surface area contributed by atoms with Crippen LogP contribution in [-0.2, 0) is 5.41 Å². The molecule has 0 unspecified atom stereocenters. The predicted molar refractivity (Wildman–Crippen MR) is 55.3 cm³/mol. The number of nitrogens with zero attached hydrogens (tertiary/aromatic N) is 2. The summed E-state index contributed by atoms with van der Waals surface area (Å²) in [4.78, 5) is 8.68. The molecule has 13 heavy (non-hydrogen) atoms. The zero-order chi connectivity index (χ0) is 9.47. The maximum Gasteiger partial charge on any atom is 0.189 e. The van der Waals surface area contributed by atoms with E-state index in [-0.39, 0.29) is 5.41 Å². The van der Waals surface area contributed by atoms with Crippen LogP contribution in [0.3, 0.4) is 0 Å². The number of anilines is 1. The molecule has 0 aliphatic carbocycles. The fraction of sp³-hybridized carbons (Fsp3) is 0.556. The zero-order valence-corrected chi connectivity index (χ0v) is 8.90. The van der Waals surface area contributed by atoms with E-state index < -0.39 is 0 Å². The van der Waals surface area contributed by atoms with Crippen LogP contribution >= 0.6 is 11.8 Å². The van der Waals surface area contributed by atoms with Crippen LogP contribution in [0.1, 0.15) is 19.4 Å². The number of rotatable bonds is 1. The van der Waals surface area contributed by atoms with Gasteiger partial charge in [0.05, 0.1) is 0 Å². The Morgan fingerprint density at radius 2 is 2.31 bits per heavy atom. The Kier molecular flexibility index (Phi) is 1.95.